The van der Waals surface area contributed by atoms with Crippen LogP contribution >= 0.6 is 23.2 Å². The SMILES string of the molecule is CCc1nccn1CC1=Cc2cccnc2C(N2CCN(B(C)O)CC2)c2ccc(Cl)cc21.CCc1nccn1CC1=Cc2cccnc2C(N2CCN(C)CC2)c2ccc(Cl)cc21. The molecule has 0 radical (unpaired) electrons. The van der Waals surface area contributed by atoms with Crippen molar-refractivity contribution in [3.05, 3.63) is 164 Å². The van der Waals surface area contributed by atoms with E-state index in [4.69, 9.17) is 33.2 Å². The fraction of sp³-hybridized carbons (Fsp3) is 0.360. The van der Waals surface area contributed by atoms with E-state index in [1.165, 1.54) is 39.0 Å². The Hall–Kier alpha value is -4.92. The van der Waals surface area contributed by atoms with Crippen molar-refractivity contribution in [1.29, 1.82) is 0 Å². The van der Waals surface area contributed by atoms with Gasteiger partial charge in [-0.15, -0.1) is 0 Å². The zero-order valence-corrected chi connectivity index (χ0v) is 38.8. The minimum absolute atomic E-state index is 0.0341. The summed E-state index contributed by atoms with van der Waals surface area (Å²) in [5.74, 6) is 2.16. The molecule has 2 unspecified atom stereocenters. The number of rotatable bonds is 9. The number of fused-ring (bicyclic) bond motifs is 4. The van der Waals surface area contributed by atoms with Gasteiger partial charge in [0.25, 0.3) is 0 Å². The standard InChI is InChI=1S/C25H29BClN5O.C25H28ClN5/c1-3-23-28-9-10-31(23)17-19-15-18-5-4-8-29-24(18)25(21-7-6-20(27)16-22(19)21)30-11-13-32(14-12-30)26(2)33;1-3-23-27-9-10-31(23)17-19-15-18-5-4-8-28-24(18)25(30-13-11-29(2)12-14-30)21-7-6-20(26)16-22(19)21/h4-10,15-16,25,33H,3,11-14,17H2,1-2H3;4-10,15-16,25H,3,11-14,17H2,1-2H3. The van der Waals surface area contributed by atoms with Crippen molar-refractivity contribution < 1.29 is 5.02 Å². The van der Waals surface area contributed by atoms with Crippen LogP contribution in [0.3, 0.4) is 0 Å². The van der Waals surface area contributed by atoms with Gasteiger partial charge in [0.05, 0.1) is 23.5 Å². The molecule has 2 aliphatic carbocycles. The highest BCUT2D eigenvalue weighted by Gasteiger charge is 2.35. The van der Waals surface area contributed by atoms with Gasteiger partial charge in [-0.25, -0.2) is 9.97 Å². The third-order valence-corrected chi connectivity index (χ3v) is 13.8. The van der Waals surface area contributed by atoms with Crippen molar-refractivity contribution in [1.82, 2.24) is 48.6 Å². The lowest BCUT2D eigenvalue weighted by Crippen LogP contribution is -2.52. The van der Waals surface area contributed by atoms with Gasteiger partial charge in [-0.05, 0) is 107 Å². The van der Waals surface area contributed by atoms with Crippen LogP contribution in [0.1, 0.15) is 82.3 Å². The number of nitrogens with zero attached hydrogens (tertiary/aromatic N) is 10. The Balaban J connectivity index is 0.000000162. The monoisotopic (exact) mass is 894 g/mol. The lowest BCUT2D eigenvalue weighted by molar-refractivity contribution is 0.125. The highest BCUT2D eigenvalue weighted by atomic mass is 35.5. The molecule has 0 amide bonds. The van der Waals surface area contributed by atoms with Gasteiger partial charge in [0, 0.05) is 126 Å². The Kier molecular flexibility index (Phi) is 13.6. The summed E-state index contributed by atoms with van der Waals surface area (Å²) in [6.07, 6.45) is 18.0. The molecule has 0 saturated carbocycles. The summed E-state index contributed by atoms with van der Waals surface area (Å²) in [6, 6.07) is 21.1. The summed E-state index contributed by atoms with van der Waals surface area (Å²) < 4.78 is 4.46. The normalized spacial score (nSPS) is 19.2. The van der Waals surface area contributed by atoms with Crippen molar-refractivity contribution in [2.45, 2.75) is 58.7 Å². The summed E-state index contributed by atoms with van der Waals surface area (Å²) in [4.78, 5) is 28.4. The van der Waals surface area contributed by atoms with Crippen LogP contribution in [0.25, 0.3) is 23.3 Å². The number of hydrogen-bond acceptors (Lipinski definition) is 9. The fourth-order valence-corrected chi connectivity index (χ4v) is 10.2. The summed E-state index contributed by atoms with van der Waals surface area (Å²) in [5, 5.41) is 11.5. The van der Waals surface area contributed by atoms with Crippen LogP contribution in [-0.4, -0.2) is 120 Å². The van der Waals surface area contributed by atoms with Crippen LogP contribution in [-0.2, 0) is 25.9 Å². The van der Waals surface area contributed by atoms with E-state index >= 15 is 0 Å². The number of aryl methyl sites for hydroxylation is 2. The quantitative estimate of drug-likeness (QED) is 0.144. The van der Waals surface area contributed by atoms with E-state index in [2.05, 4.69) is 114 Å². The Labute approximate surface area is 387 Å². The van der Waals surface area contributed by atoms with Crippen LogP contribution in [0, 0.1) is 0 Å². The molecule has 14 heteroatoms. The van der Waals surface area contributed by atoms with E-state index in [1.54, 1.807) is 0 Å². The maximum atomic E-state index is 10.0. The second kappa shape index (κ2) is 19.7. The third-order valence-electron chi connectivity index (χ3n) is 13.3. The maximum absolute atomic E-state index is 10.0. The van der Waals surface area contributed by atoms with Crippen LogP contribution in [0.5, 0.6) is 0 Å². The smallest absolute Gasteiger partial charge is 0.376 e. The van der Waals surface area contributed by atoms with Crippen molar-refractivity contribution in [2.75, 3.05) is 59.4 Å². The molecule has 1 N–H and O–H groups in total. The van der Waals surface area contributed by atoms with Crippen molar-refractivity contribution in [3.8, 4) is 0 Å². The van der Waals surface area contributed by atoms with Gasteiger partial charge in [0.1, 0.15) is 11.6 Å². The first-order valence-corrected chi connectivity index (χ1v) is 23.4. The minimum Gasteiger partial charge on any atom is -0.437 e. The Bertz CT molecular complexity index is 2640. The van der Waals surface area contributed by atoms with Gasteiger partial charge < -0.3 is 23.9 Å². The average molecular weight is 896 g/mol. The Morgan fingerprint density at radius 3 is 1.50 bits per heavy atom. The Morgan fingerprint density at radius 2 is 1.06 bits per heavy atom. The summed E-state index contributed by atoms with van der Waals surface area (Å²) in [6.45, 7) is 15.2. The molecule has 2 saturated heterocycles. The van der Waals surface area contributed by atoms with Gasteiger partial charge in [0.2, 0.25) is 0 Å². The molecule has 0 bridgehead atoms. The molecular weight excluding hydrogens is 838 g/mol. The number of aromatic nitrogens is 6. The van der Waals surface area contributed by atoms with Crippen LogP contribution < -0.4 is 0 Å². The Morgan fingerprint density at radius 1 is 0.609 bits per heavy atom. The first kappa shape index (κ1) is 44.3. The summed E-state index contributed by atoms with van der Waals surface area (Å²) >= 11 is 13.0. The van der Waals surface area contributed by atoms with Crippen molar-refractivity contribution >= 4 is 53.6 Å². The van der Waals surface area contributed by atoms with E-state index in [9.17, 15) is 5.02 Å². The molecule has 6 heterocycles. The second-order valence-electron chi connectivity index (χ2n) is 17.3. The first-order chi connectivity index (χ1) is 31.2. The average Bonchev–Trinajstić information content (AvgIpc) is 3.91. The molecule has 64 heavy (non-hydrogen) atoms. The number of benzene rings is 2. The predicted octanol–water partition coefficient (Wildman–Crippen LogP) is 8.25. The van der Waals surface area contributed by atoms with Crippen LogP contribution in [0.4, 0.5) is 0 Å². The van der Waals surface area contributed by atoms with Gasteiger partial charge >= 0.3 is 7.05 Å². The van der Waals surface area contributed by atoms with E-state index in [-0.39, 0.29) is 12.1 Å². The molecule has 11 nitrogen and oxygen atoms in total. The molecule has 2 aromatic carbocycles. The van der Waals surface area contributed by atoms with Crippen molar-refractivity contribution in [2.24, 2.45) is 0 Å². The fourth-order valence-electron chi connectivity index (χ4n) is 9.89. The van der Waals surface area contributed by atoms with Gasteiger partial charge in [-0.1, -0.05) is 61.3 Å². The molecule has 6 aromatic rings. The minimum atomic E-state index is -0.422. The van der Waals surface area contributed by atoms with Gasteiger partial charge in [-0.2, -0.15) is 0 Å². The summed E-state index contributed by atoms with van der Waals surface area (Å²) in [5.41, 5.74) is 11.9. The summed E-state index contributed by atoms with van der Waals surface area (Å²) in [7, 11) is 1.77. The number of imidazole rings is 2. The van der Waals surface area contributed by atoms with E-state index in [0.717, 1.165) is 117 Å². The van der Waals surface area contributed by atoms with Gasteiger partial charge in [0.15, 0.2) is 0 Å². The molecule has 330 valence electrons. The first-order valence-electron chi connectivity index (χ1n) is 22.7. The van der Waals surface area contributed by atoms with E-state index in [1.807, 2.05) is 62.1 Å². The van der Waals surface area contributed by atoms with Crippen LogP contribution in [0.2, 0.25) is 16.9 Å². The second-order valence-corrected chi connectivity index (χ2v) is 18.1. The lowest BCUT2D eigenvalue weighted by Gasteiger charge is -2.40. The number of piperazine rings is 2. The van der Waals surface area contributed by atoms with Gasteiger partial charge in [-0.3, -0.25) is 19.8 Å². The largest absolute Gasteiger partial charge is 0.437 e. The lowest BCUT2D eigenvalue weighted by atomic mass is 9.84. The topological polar surface area (TPSA) is 94.6 Å². The highest BCUT2D eigenvalue weighted by molar-refractivity contribution is 6.45. The highest BCUT2D eigenvalue weighted by Crippen LogP contribution is 2.43. The molecule has 2 fully saturated rings. The maximum Gasteiger partial charge on any atom is 0.376 e. The van der Waals surface area contributed by atoms with Crippen LogP contribution in [0.15, 0.2) is 97.8 Å². The molecule has 0 spiro atoms. The third kappa shape index (κ3) is 9.28. The number of hydrogen-bond donors (Lipinski definition) is 1. The number of halogens is 2. The zero-order chi connectivity index (χ0) is 44.3. The zero-order valence-electron chi connectivity index (χ0n) is 37.3. The molecule has 4 aromatic heterocycles. The predicted molar refractivity (Wildman–Crippen MR) is 260 cm³/mol. The molecule has 2 atom stereocenters. The molecule has 10 rings (SSSR count). The number of allylic oxidation sites excluding steroid dienone is 2. The van der Waals surface area contributed by atoms with Crippen molar-refractivity contribution in [3.63, 3.8) is 0 Å². The molecular formula is C50H57BCl2N10O. The molecule has 2 aliphatic heterocycles. The van der Waals surface area contributed by atoms with E-state index < -0.39 is 7.05 Å². The van der Waals surface area contributed by atoms with E-state index in [0.29, 0.717) is 0 Å². The number of pyridine rings is 2. The molecule has 4 aliphatic rings. The number of likely N-dealkylation sites (N-methyl/N-ethyl adjacent to an activating group) is 1.